The summed E-state index contributed by atoms with van der Waals surface area (Å²) in [5, 5.41) is 7.18. The van der Waals surface area contributed by atoms with Gasteiger partial charge >= 0.3 is 5.97 Å². The molecule has 208 valence electrons. The molecular weight excluding hydrogens is 570 g/mol. The second kappa shape index (κ2) is 12.5. The predicted molar refractivity (Wildman–Crippen MR) is 144 cm³/mol. The number of fused-ring (bicyclic) bond motifs is 1. The Morgan fingerprint density at radius 1 is 1.36 bits per heavy atom. The van der Waals surface area contributed by atoms with E-state index in [9.17, 15) is 14.4 Å². The summed E-state index contributed by atoms with van der Waals surface area (Å²) in [7, 11) is 4.35. The van der Waals surface area contributed by atoms with Crippen LogP contribution in [0.5, 0.6) is 5.75 Å². The monoisotopic (exact) mass is 596 g/mol. The molecule has 2 aliphatic heterocycles. The highest BCUT2D eigenvalue weighted by molar-refractivity contribution is 8.00. The van der Waals surface area contributed by atoms with Crippen molar-refractivity contribution in [1.82, 2.24) is 15.2 Å². The highest BCUT2D eigenvalue weighted by atomic mass is 32.2. The molecule has 0 aromatic carbocycles. The summed E-state index contributed by atoms with van der Waals surface area (Å²) in [6.45, 7) is 0.272. The van der Waals surface area contributed by atoms with Gasteiger partial charge in [0.15, 0.2) is 10.9 Å². The maximum Gasteiger partial charge on any atom is 0.355 e. The highest BCUT2D eigenvalue weighted by Crippen LogP contribution is 2.47. The number of carbonyl (C=O) groups is 3. The molecule has 14 nitrogen and oxygen atoms in total. The molecule has 0 radical (unpaired) electrons. The van der Waals surface area contributed by atoms with Crippen LogP contribution >= 0.6 is 34.9 Å². The lowest BCUT2D eigenvalue weighted by Crippen LogP contribution is -2.70. The van der Waals surface area contributed by atoms with Crippen molar-refractivity contribution >= 4 is 64.0 Å². The largest absolute Gasteiger partial charge is 0.490 e. The molecule has 2 unspecified atom stereocenters. The first kappa shape index (κ1) is 28.5. The SMILES string of the molecule is COCc1cc(SCOC(=O)C2=CC(c3csc(N)n3)S[C@H]3C(NC(=O)/C=N\OC)C(=O)N23)c(OC)c[n+]1N. The van der Waals surface area contributed by atoms with Crippen LogP contribution in [-0.2, 0) is 35.3 Å². The Bertz CT molecular complexity index is 1320. The van der Waals surface area contributed by atoms with Crippen molar-refractivity contribution in [3.05, 3.63) is 40.8 Å². The first-order valence-corrected chi connectivity index (χ1v) is 14.0. The lowest BCUT2D eigenvalue weighted by Gasteiger charge is -2.49. The number of nitrogen functional groups attached to an aromatic ring is 2. The first-order valence-electron chi connectivity index (χ1n) is 11.2. The second-order valence-electron chi connectivity index (χ2n) is 7.95. The number of nitrogens with two attached hydrogens (primary N) is 2. The summed E-state index contributed by atoms with van der Waals surface area (Å²) < 4.78 is 17.5. The van der Waals surface area contributed by atoms with Gasteiger partial charge in [-0.2, -0.15) is 0 Å². The summed E-state index contributed by atoms with van der Waals surface area (Å²) >= 11 is 3.82. The van der Waals surface area contributed by atoms with Crippen LogP contribution in [0.1, 0.15) is 16.6 Å². The number of aromatic nitrogens is 2. The van der Waals surface area contributed by atoms with E-state index in [-0.39, 0.29) is 18.2 Å². The molecule has 1 fully saturated rings. The van der Waals surface area contributed by atoms with Crippen LogP contribution in [0.2, 0.25) is 0 Å². The molecule has 39 heavy (non-hydrogen) atoms. The number of amides is 2. The van der Waals surface area contributed by atoms with Crippen molar-refractivity contribution in [2.45, 2.75) is 28.2 Å². The number of anilines is 1. The van der Waals surface area contributed by atoms with Gasteiger partial charge < -0.3 is 30.1 Å². The Morgan fingerprint density at radius 2 is 2.15 bits per heavy atom. The number of pyridine rings is 1. The van der Waals surface area contributed by atoms with E-state index >= 15 is 0 Å². The van der Waals surface area contributed by atoms with E-state index < -0.39 is 34.4 Å². The number of carbonyl (C=O) groups excluding carboxylic acids is 3. The highest BCUT2D eigenvalue weighted by Gasteiger charge is 2.55. The van der Waals surface area contributed by atoms with Crippen LogP contribution in [0.4, 0.5) is 5.13 Å². The first-order chi connectivity index (χ1) is 18.8. The van der Waals surface area contributed by atoms with Gasteiger partial charge in [-0.15, -0.1) is 23.1 Å². The van der Waals surface area contributed by atoms with Crippen LogP contribution in [-0.4, -0.2) is 72.6 Å². The normalized spacial score (nSPS) is 20.2. The standard InChI is InChI=1S/C22H25N7O7S3/c1-33-8-11-4-16(14(34-2)7-28(11)24)38-10-36-21(32)13-5-15(12-9-37-22(23)26-12)39-20-18(19(31)29(13)20)27-17(30)6-25-35-3/h4-7,9,15,18,20H,8,10,24H2,1-3H3,(H2-,23,26,27,30)/p+1/b25-6-/t15?,18?,20-/m0/s1. The Hall–Kier alpha value is -3.54. The summed E-state index contributed by atoms with van der Waals surface area (Å²) in [4.78, 5) is 49.1. The number of oxime groups is 1. The van der Waals surface area contributed by atoms with Gasteiger partial charge in [0.2, 0.25) is 11.9 Å². The molecule has 0 aliphatic carbocycles. The Morgan fingerprint density at radius 3 is 2.82 bits per heavy atom. The lowest BCUT2D eigenvalue weighted by atomic mass is 10.0. The maximum atomic E-state index is 13.2. The zero-order valence-corrected chi connectivity index (χ0v) is 23.5. The minimum atomic E-state index is -0.883. The number of esters is 1. The quantitative estimate of drug-likeness (QED) is 0.0466. The molecule has 3 atom stereocenters. The van der Waals surface area contributed by atoms with E-state index in [2.05, 4.69) is 20.3 Å². The maximum absolute atomic E-state index is 13.2. The molecular formula is C22H26N7O7S3+. The van der Waals surface area contributed by atoms with Gasteiger partial charge in [-0.3, -0.25) is 14.5 Å². The minimum Gasteiger partial charge on any atom is -0.490 e. The topological polar surface area (TPSA) is 185 Å². The zero-order chi connectivity index (χ0) is 28.1. The van der Waals surface area contributed by atoms with Gasteiger partial charge in [-0.25, -0.2) is 15.6 Å². The van der Waals surface area contributed by atoms with Crippen LogP contribution in [0.25, 0.3) is 0 Å². The van der Waals surface area contributed by atoms with Crippen molar-refractivity contribution < 1.29 is 38.1 Å². The van der Waals surface area contributed by atoms with Crippen LogP contribution in [0.15, 0.2) is 39.5 Å². The smallest absolute Gasteiger partial charge is 0.355 e. The average Bonchev–Trinajstić information content (AvgIpc) is 3.37. The number of nitrogens with one attached hydrogen (secondary N) is 1. The molecule has 2 aliphatic rings. The molecule has 0 saturated carbocycles. The van der Waals surface area contributed by atoms with Crippen molar-refractivity contribution in [2.24, 2.45) is 5.16 Å². The van der Waals surface area contributed by atoms with Gasteiger partial charge in [0.1, 0.15) is 43.0 Å². The van der Waals surface area contributed by atoms with Gasteiger partial charge in [-0.1, -0.05) is 21.6 Å². The van der Waals surface area contributed by atoms with Gasteiger partial charge in [0.25, 0.3) is 11.8 Å². The summed E-state index contributed by atoms with van der Waals surface area (Å²) in [5.74, 6) is 4.60. The summed E-state index contributed by atoms with van der Waals surface area (Å²) in [5.41, 5.74) is 7.17. The minimum absolute atomic E-state index is 0.0527. The van der Waals surface area contributed by atoms with E-state index in [1.807, 2.05) is 0 Å². The second-order valence-corrected chi connectivity index (χ2v) is 11.1. The molecule has 4 rings (SSSR count). The molecule has 0 bridgehead atoms. The van der Waals surface area contributed by atoms with Crippen molar-refractivity contribution in [2.75, 3.05) is 38.8 Å². The Kier molecular flexibility index (Phi) is 9.16. The number of β-lactam (4-membered cyclic amide) rings is 1. The van der Waals surface area contributed by atoms with Gasteiger partial charge in [0.05, 0.1) is 22.9 Å². The third kappa shape index (κ3) is 6.21. The van der Waals surface area contributed by atoms with Gasteiger partial charge in [0, 0.05) is 18.6 Å². The van der Waals surface area contributed by atoms with Crippen LogP contribution in [0.3, 0.4) is 0 Å². The molecule has 4 heterocycles. The van der Waals surface area contributed by atoms with Crippen LogP contribution in [0, 0.1) is 0 Å². The zero-order valence-electron chi connectivity index (χ0n) is 21.1. The third-order valence-corrected chi connectivity index (χ3v) is 8.55. The molecule has 2 amide bonds. The lowest BCUT2D eigenvalue weighted by molar-refractivity contribution is -0.649. The van der Waals surface area contributed by atoms with E-state index in [0.29, 0.717) is 27.2 Å². The van der Waals surface area contributed by atoms with E-state index in [0.717, 1.165) is 6.21 Å². The average molecular weight is 597 g/mol. The van der Waals surface area contributed by atoms with Gasteiger partial charge in [-0.05, 0) is 6.08 Å². The molecule has 5 N–H and O–H groups in total. The van der Waals surface area contributed by atoms with Crippen molar-refractivity contribution in [3.8, 4) is 5.75 Å². The molecule has 2 aromatic rings. The number of ether oxygens (including phenoxy) is 3. The fourth-order valence-electron chi connectivity index (χ4n) is 3.77. The van der Waals surface area contributed by atoms with Crippen molar-refractivity contribution in [1.29, 1.82) is 0 Å². The summed E-state index contributed by atoms with van der Waals surface area (Å²) in [6.07, 6.45) is 4.13. The van der Waals surface area contributed by atoms with Crippen molar-refractivity contribution in [3.63, 3.8) is 0 Å². The molecule has 2 aromatic heterocycles. The summed E-state index contributed by atoms with van der Waals surface area (Å²) in [6, 6.07) is 0.890. The number of rotatable bonds is 11. The molecule has 0 spiro atoms. The third-order valence-electron chi connectivity index (χ3n) is 5.56. The Labute approximate surface area is 235 Å². The predicted octanol–water partition coefficient (Wildman–Crippen LogP) is 0.132. The van der Waals surface area contributed by atoms with E-state index in [1.165, 1.54) is 58.7 Å². The Balaban J connectivity index is 1.50. The van der Waals surface area contributed by atoms with E-state index in [1.54, 1.807) is 30.8 Å². The number of hydrogen-bond donors (Lipinski definition) is 3. The number of methoxy groups -OCH3 is 2. The molecule has 17 heteroatoms. The number of hydrogen-bond acceptors (Lipinski definition) is 14. The number of thioether (sulfide) groups is 2. The molecule has 1 saturated heterocycles. The number of thiazole rings is 1. The number of nitrogens with zero attached hydrogens (tertiary/aromatic N) is 4. The fraction of sp³-hybridized carbons (Fsp3) is 0.364. The van der Waals surface area contributed by atoms with E-state index in [4.69, 9.17) is 25.8 Å². The van der Waals surface area contributed by atoms with Crippen LogP contribution < -0.4 is 26.3 Å². The fourth-order valence-corrected chi connectivity index (χ4v) is 6.69.